The summed E-state index contributed by atoms with van der Waals surface area (Å²) in [5.41, 5.74) is 1.99. The topological polar surface area (TPSA) is 70.9 Å². The van der Waals surface area contributed by atoms with Gasteiger partial charge in [-0.1, -0.05) is 18.7 Å². The van der Waals surface area contributed by atoms with E-state index in [2.05, 4.69) is 37.7 Å². The second kappa shape index (κ2) is 7.64. The third-order valence-corrected chi connectivity index (χ3v) is 5.33. The molecule has 0 N–H and O–H groups in total. The molecule has 0 unspecified atom stereocenters. The van der Waals surface area contributed by atoms with E-state index in [9.17, 15) is 0 Å². The molecule has 0 saturated carbocycles. The van der Waals surface area contributed by atoms with Gasteiger partial charge in [0.05, 0.1) is 11.7 Å². The van der Waals surface area contributed by atoms with E-state index in [1.165, 1.54) is 0 Å². The Morgan fingerprint density at radius 3 is 2.56 bits per heavy atom. The third kappa shape index (κ3) is 3.66. The minimum absolute atomic E-state index is 0.779. The minimum Gasteiger partial charge on any atom is -0.353 e. The molecule has 8 heteroatoms. The zero-order valence-electron chi connectivity index (χ0n) is 15.9. The maximum atomic E-state index is 4.72. The van der Waals surface area contributed by atoms with Gasteiger partial charge in [0, 0.05) is 49.5 Å². The molecule has 4 rings (SSSR count). The quantitative estimate of drug-likeness (QED) is 0.505. The summed E-state index contributed by atoms with van der Waals surface area (Å²) in [6, 6.07) is 4.12. The smallest absolute Gasteiger partial charge is 0.189 e. The molecule has 0 atom stereocenters. The highest BCUT2D eigenvalue weighted by Crippen LogP contribution is 2.26. The molecule has 140 valence electrons. The maximum absolute atomic E-state index is 4.72. The zero-order valence-corrected chi connectivity index (χ0v) is 16.7. The average molecular weight is 382 g/mol. The number of pyridine rings is 1. The van der Waals surface area contributed by atoms with Crippen molar-refractivity contribution in [1.29, 1.82) is 0 Å². The van der Waals surface area contributed by atoms with Gasteiger partial charge in [0.25, 0.3) is 0 Å². The molecular weight excluding hydrogens is 358 g/mol. The summed E-state index contributed by atoms with van der Waals surface area (Å²) in [5.74, 6) is 2.81. The van der Waals surface area contributed by atoms with Crippen LogP contribution in [0.4, 0.5) is 11.6 Å². The molecule has 0 amide bonds. The number of aryl methyl sites for hydroxylation is 2. The van der Waals surface area contributed by atoms with Crippen LogP contribution in [0.3, 0.4) is 0 Å². The van der Waals surface area contributed by atoms with Crippen molar-refractivity contribution in [2.45, 2.75) is 25.4 Å². The summed E-state index contributed by atoms with van der Waals surface area (Å²) >= 11 is 1.59. The van der Waals surface area contributed by atoms with Crippen molar-refractivity contribution in [3.05, 3.63) is 36.0 Å². The fourth-order valence-electron chi connectivity index (χ4n) is 3.36. The van der Waals surface area contributed by atoms with Gasteiger partial charge in [-0.2, -0.15) is 0 Å². The zero-order chi connectivity index (χ0) is 18.8. The lowest BCUT2D eigenvalue weighted by atomic mass is 10.2. The van der Waals surface area contributed by atoms with Gasteiger partial charge in [0.15, 0.2) is 5.16 Å². The van der Waals surface area contributed by atoms with Crippen LogP contribution in [-0.2, 0) is 6.42 Å². The molecule has 3 aromatic rings. The average Bonchev–Trinajstić information content (AvgIpc) is 2.72. The predicted molar refractivity (Wildman–Crippen MR) is 110 cm³/mol. The Bertz CT molecular complexity index is 932. The Kier molecular flexibility index (Phi) is 5.07. The van der Waals surface area contributed by atoms with Gasteiger partial charge in [-0.25, -0.2) is 19.9 Å². The molecule has 0 radical (unpaired) electrons. The highest BCUT2D eigenvalue weighted by atomic mass is 32.2. The summed E-state index contributed by atoms with van der Waals surface area (Å²) in [7, 11) is 0. The lowest BCUT2D eigenvalue weighted by molar-refractivity contribution is 0.637. The van der Waals surface area contributed by atoms with Crippen molar-refractivity contribution in [2.24, 2.45) is 0 Å². The van der Waals surface area contributed by atoms with E-state index in [1.807, 2.05) is 19.2 Å². The first-order valence-corrected chi connectivity index (χ1v) is 10.4. The van der Waals surface area contributed by atoms with E-state index in [4.69, 9.17) is 9.97 Å². The van der Waals surface area contributed by atoms with Crippen molar-refractivity contribution in [3.63, 3.8) is 0 Å². The van der Waals surface area contributed by atoms with Crippen molar-refractivity contribution in [2.75, 3.05) is 42.2 Å². The first kappa shape index (κ1) is 17.9. The van der Waals surface area contributed by atoms with E-state index in [-0.39, 0.29) is 0 Å². The fraction of sp³-hybridized carbons (Fsp3) is 0.421. The van der Waals surface area contributed by atoms with Crippen LogP contribution in [0.15, 0.2) is 29.7 Å². The summed E-state index contributed by atoms with van der Waals surface area (Å²) < 4.78 is 0. The molecule has 0 bridgehead atoms. The highest BCUT2D eigenvalue weighted by Gasteiger charge is 2.22. The predicted octanol–water partition coefficient (Wildman–Crippen LogP) is 2.73. The molecule has 27 heavy (non-hydrogen) atoms. The van der Waals surface area contributed by atoms with Crippen molar-refractivity contribution < 1.29 is 0 Å². The molecule has 0 spiro atoms. The first-order valence-electron chi connectivity index (χ1n) is 9.18. The monoisotopic (exact) mass is 381 g/mol. The van der Waals surface area contributed by atoms with Crippen LogP contribution in [-0.4, -0.2) is 57.4 Å². The van der Waals surface area contributed by atoms with Crippen LogP contribution in [0.2, 0.25) is 0 Å². The molecular formula is C19H23N7S. The minimum atomic E-state index is 0.779. The summed E-state index contributed by atoms with van der Waals surface area (Å²) in [4.78, 5) is 27.4. The molecule has 1 aliphatic rings. The van der Waals surface area contributed by atoms with Crippen LogP contribution < -0.4 is 9.80 Å². The number of hydrogen-bond donors (Lipinski definition) is 0. The van der Waals surface area contributed by atoms with Gasteiger partial charge in [-0.15, -0.1) is 0 Å². The van der Waals surface area contributed by atoms with Crippen molar-refractivity contribution in [1.82, 2.24) is 24.9 Å². The Labute approximate surface area is 163 Å². The van der Waals surface area contributed by atoms with Gasteiger partial charge in [0.2, 0.25) is 0 Å². The first-order chi connectivity index (χ1) is 13.2. The summed E-state index contributed by atoms with van der Waals surface area (Å²) in [6.45, 7) is 7.67. The van der Waals surface area contributed by atoms with Crippen LogP contribution in [0.5, 0.6) is 0 Å². The van der Waals surface area contributed by atoms with Gasteiger partial charge >= 0.3 is 0 Å². The number of aromatic nitrogens is 5. The lowest BCUT2D eigenvalue weighted by Gasteiger charge is -2.36. The third-order valence-electron chi connectivity index (χ3n) is 4.78. The van der Waals surface area contributed by atoms with Gasteiger partial charge in [-0.05, 0) is 25.7 Å². The number of anilines is 2. The van der Waals surface area contributed by atoms with E-state index in [0.29, 0.717) is 0 Å². The standard InChI is InChI=1S/C19H23N7S/c1-4-14-11-17(24-19(23-14)27-3)25-7-9-26(10-8-25)18-15-5-6-20-12-16(15)21-13(2)22-18/h5-6,11-12H,4,7-10H2,1-3H3. The summed E-state index contributed by atoms with van der Waals surface area (Å²) in [6.07, 6.45) is 6.55. The number of nitrogens with zero attached hydrogens (tertiary/aromatic N) is 7. The largest absolute Gasteiger partial charge is 0.353 e. The molecule has 1 fully saturated rings. The second-order valence-electron chi connectivity index (χ2n) is 6.52. The molecule has 0 aliphatic carbocycles. The van der Waals surface area contributed by atoms with E-state index in [0.717, 1.165) is 71.8 Å². The molecule has 3 aromatic heterocycles. The Morgan fingerprint density at radius 2 is 1.81 bits per heavy atom. The van der Waals surface area contributed by atoms with Crippen molar-refractivity contribution in [3.8, 4) is 0 Å². The number of rotatable bonds is 4. The molecule has 7 nitrogen and oxygen atoms in total. The normalized spacial score (nSPS) is 14.8. The van der Waals surface area contributed by atoms with Crippen LogP contribution in [0, 0.1) is 6.92 Å². The molecule has 4 heterocycles. The van der Waals surface area contributed by atoms with Crippen LogP contribution in [0.25, 0.3) is 10.9 Å². The Morgan fingerprint density at radius 1 is 1.04 bits per heavy atom. The number of thioether (sulfide) groups is 1. The number of hydrogen-bond acceptors (Lipinski definition) is 8. The molecule has 1 aliphatic heterocycles. The van der Waals surface area contributed by atoms with Gasteiger partial charge in [-0.3, -0.25) is 4.98 Å². The number of fused-ring (bicyclic) bond motifs is 1. The Balaban J connectivity index is 1.56. The SMILES string of the molecule is CCc1cc(N2CCN(c3nc(C)nc4cnccc34)CC2)nc(SC)n1. The summed E-state index contributed by atoms with van der Waals surface area (Å²) in [5, 5.41) is 1.90. The van der Waals surface area contributed by atoms with Crippen LogP contribution in [0.1, 0.15) is 18.4 Å². The number of piperazine rings is 1. The lowest BCUT2D eigenvalue weighted by Crippen LogP contribution is -2.47. The van der Waals surface area contributed by atoms with Crippen LogP contribution >= 0.6 is 11.8 Å². The van der Waals surface area contributed by atoms with E-state index < -0.39 is 0 Å². The fourth-order valence-corrected chi connectivity index (χ4v) is 3.75. The Hall–Kier alpha value is -2.48. The van der Waals surface area contributed by atoms with Gasteiger partial charge in [0.1, 0.15) is 17.5 Å². The highest BCUT2D eigenvalue weighted by molar-refractivity contribution is 7.98. The molecule has 0 aromatic carbocycles. The van der Waals surface area contributed by atoms with Crippen molar-refractivity contribution >= 4 is 34.3 Å². The second-order valence-corrected chi connectivity index (χ2v) is 7.29. The van der Waals surface area contributed by atoms with Gasteiger partial charge < -0.3 is 9.80 Å². The molecule has 1 saturated heterocycles. The van der Waals surface area contributed by atoms with E-state index in [1.54, 1.807) is 24.2 Å². The maximum Gasteiger partial charge on any atom is 0.189 e. The van der Waals surface area contributed by atoms with E-state index >= 15 is 0 Å².